The van der Waals surface area contributed by atoms with Crippen molar-refractivity contribution in [3.8, 4) is 28.4 Å². The Morgan fingerprint density at radius 2 is 1.81 bits per heavy atom. The standard InChI is InChI=1S/C25H30O6/c1-15(2)31-24(27)25(3,4)14-30-22-19(11-13-21(28-5)23(22)29-6)16-8-7-9-18-17(16)10-12-20(18)26/h7-9,11,13,15H,10,12,14H2,1-6H3/i6D2. The summed E-state index contributed by atoms with van der Waals surface area (Å²) in [5, 5.41) is 0. The largest absolute Gasteiger partial charge is 0.493 e. The van der Waals surface area contributed by atoms with Gasteiger partial charge < -0.3 is 18.9 Å². The minimum Gasteiger partial charge on any atom is -0.493 e. The molecule has 31 heavy (non-hydrogen) atoms. The number of hydrogen-bond donors (Lipinski definition) is 0. The molecule has 0 saturated heterocycles. The summed E-state index contributed by atoms with van der Waals surface area (Å²) in [6.45, 7) is 6.95. The highest BCUT2D eigenvalue weighted by Gasteiger charge is 2.33. The molecule has 1 aliphatic rings. The number of esters is 1. The Hall–Kier alpha value is -3.02. The van der Waals surface area contributed by atoms with Gasteiger partial charge in [-0.2, -0.15) is 0 Å². The number of methoxy groups -OCH3 is 2. The molecule has 0 atom stereocenters. The van der Waals surface area contributed by atoms with Crippen molar-refractivity contribution in [1.82, 2.24) is 0 Å². The number of ether oxygens (including phenoxy) is 4. The van der Waals surface area contributed by atoms with Crippen molar-refractivity contribution in [2.75, 3.05) is 20.8 Å². The number of hydrogen-bond acceptors (Lipinski definition) is 6. The van der Waals surface area contributed by atoms with Gasteiger partial charge in [0.05, 0.1) is 28.4 Å². The average molecular weight is 429 g/mol. The Morgan fingerprint density at radius 1 is 1.06 bits per heavy atom. The predicted molar refractivity (Wildman–Crippen MR) is 118 cm³/mol. The van der Waals surface area contributed by atoms with Gasteiger partial charge >= 0.3 is 5.97 Å². The van der Waals surface area contributed by atoms with Crippen molar-refractivity contribution in [3.05, 3.63) is 41.5 Å². The summed E-state index contributed by atoms with van der Waals surface area (Å²) in [5.41, 5.74) is 2.05. The minimum absolute atomic E-state index is 0.0380. The first kappa shape index (κ1) is 19.9. The second-order valence-corrected chi connectivity index (χ2v) is 8.47. The van der Waals surface area contributed by atoms with E-state index in [2.05, 4.69) is 0 Å². The van der Waals surface area contributed by atoms with Gasteiger partial charge in [-0.05, 0) is 57.4 Å². The van der Waals surface area contributed by atoms with Crippen LogP contribution in [0.4, 0.5) is 0 Å². The van der Waals surface area contributed by atoms with Gasteiger partial charge in [-0.3, -0.25) is 9.59 Å². The zero-order valence-electron chi connectivity index (χ0n) is 20.6. The van der Waals surface area contributed by atoms with Crippen LogP contribution in [0.15, 0.2) is 30.3 Å². The van der Waals surface area contributed by atoms with E-state index in [4.69, 9.17) is 21.7 Å². The maximum atomic E-state index is 12.6. The SMILES string of the molecule is [2H]C([2H])Oc1c(OC)ccc(-c2cccc3c2CCC3=O)c1OCC(C)(C)C(=O)OC(C)C. The Labute approximate surface area is 186 Å². The molecule has 0 aliphatic heterocycles. The molecule has 2 aromatic carbocycles. The van der Waals surface area contributed by atoms with E-state index in [0.29, 0.717) is 29.7 Å². The van der Waals surface area contributed by atoms with Crippen molar-refractivity contribution in [1.29, 1.82) is 0 Å². The fourth-order valence-electron chi connectivity index (χ4n) is 3.60. The Kier molecular flexibility index (Phi) is 5.78. The first-order valence-electron chi connectivity index (χ1n) is 11.4. The number of fused-ring (bicyclic) bond motifs is 1. The quantitative estimate of drug-likeness (QED) is 0.560. The molecule has 0 unspecified atom stereocenters. The van der Waals surface area contributed by atoms with E-state index < -0.39 is 18.4 Å². The van der Waals surface area contributed by atoms with Crippen molar-refractivity contribution >= 4 is 11.8 Å². The highest BCUT2D eigenvalue weighted by atomic mass is 16.6. The van der Waals surface area contributed by atoms with Gasteiger partial charge in [0, 0.05) is 17.5 Å². The Morgan fingerprint density at radius 3 is 2.48 bits per heavy atom. The Balaban J connectivity index is 2.10. The summed E-state index contributed by atoms with van der Waals surface area (Å²) in [6, 6.07) is 8.99. The average Bonchev–Trinajstić information content (AvgIpc) is 3.13. The summed E-state index contributed by atoms with van der Waals surface area (Å²) in [7, 11) is -0.171. The summed E-state index contributed by atoms with van der Waals surface area (Å²) < 4.78 is 37.6. The van der Waals surface area contributed by atoms with Crippen molar-refractivity contribution < 1.29 is 31.3 Å². The van der Waals surface area contributed by atoms with Crippen LogP contribution >= 0.6 is 0 Å². The van der Waals surface area contributed by atoms with Crippen LogP contribution < -0.4 is 14.2 Å². The third-order valence-electron chi connectivity index (χ3n) is 5.26. The second kappa shape index (κ2) is 9.00. The van der Waals surface area contributed by atoms with Crippen molar-refractivity contribution in [3.63, 3.8) is 0 Å². The van der Waals surface area contributed by atoms with Crippen LogP contribution in [0.1, 0.15) is 52.8 Å². The van der Waals surface area contributed by atoms with Crippen molar-refractivity contribution in [2.24, 2.45) is 5.41 Å². The molecule has 0 saturated carbocycles. The van der Waals surface area contributed by atoms with E-state index in [9.17, 15) is 9.59 Å². The van der Waals surface area contributed by atoms with E-state index in [0.717, 1.165) is 11.1 Å². The number of rotatable bonds is 8. The first-order valence-corrected chi connectivity index (χ1v) is 10.3. The zero-order chi connectivity index (χ0) is 24.3. The smallest absolute Gasteiger partial charge is 0.315 e. The normalized spacial score (nSPS) is 14.2. The monoisotopic (exact) mass is 428 g/mol. The molecule has 1 aliphatic carbocycles. The number of carbonyl (C=O) groups is 2. The minimum atomic E-state index is -1.63. The second-order valence-electron chi connectivity index (χ2n) is 8.47. The van der Waals surface area contributed by atoms with Gasteiger partial charge in [0.1, 0.15) is 6.61 Å². The number of benzene rings is 2. The van der Waals surface area contributed by atoms with E-state index in [1.54, 1.807) is 39.8 Å². The third kappa shape index (κ3) is 4.53. The summed E-state index contributed by atoms with van der Waals surface area (Å²) in [5.74, 6) is 0.324. The summed E-state index contributed by atoms with van der Waals surface area (Å²) in [6.07, 6.45) is 0.787. The predicted octanol–water partition coefficient (Wildman–Crippen LogP) is 4.86. The third-order valence-corrected chi connectivity index (χ3v) is 5.26. The molecular formula is C25H30O6. The molecule has 0 radical (unpaired) electrons. The molecule has 6 nitrogen and oxygen atoms in total. The van der Waals surface area contributed by atoms with E-state index in [1.807, 2.05) is 18.2 Å². The lowest BCUT2D eigenvalue weighted by Gasteiger charge is -2.26. The summed E-state index contributed by atoms with van der Waals surface area (Å²) in [4.78, 5) is 24.9. The number of ketones is 1. The van der Waals surface area contributed by atoms with Gasteiger partial charge in [-0.1, -0.05) is 18.2 Å². The molecule has 166 valence electrons. The van der Waals surface area contributed by atoms with E-state index in [1.165, 1.54) is 7.11 Å². The fraction of sp³-hybridized carbons (Fsp3) is 0.440. The maximum Gasteiger partial charge on any atom is 0.315 e. The number of carbonyl (C=O) groups excluding carboxylic acids is 2. The molecule has 0 amide bonds. The van der Waals surface area contributed by atoms with Gasteiger partial charge in [-0.25, -0.2) is 0 Å². The van der Waals surface area contributed by atoms with Crippen LogP contribution in [-0.4, -0.2) is 38.6 Å². The molecule has 0 spiro atoms. The lowest BCUT2D eigenvalue weighted by Crippen LogP contribution is -2.34. The van der Waals surface area contributed by atoms with Crippen molar-refractivity contribution in [2.45, 2.75) is 46.6 Å². The van der Waals surface area contributed by atoms with Crippen LogP contribution in [0.5, 0.6) is 17.2 Å². The molecular weight excluding hydrogens is 396 g/mol. The molecule has 2 aromatic rings. The van der Waals surface area contributed by atoms with E-state index in [-0.39, 0.29) is 30.0 Å². The zero-order valence-corrected chi connectivity index (χ0v) is 18.6. The topological polar surface area (TPSA) is 71.1 Å². The number of Topliss-reactive ketones (excluding diaryl/α,β-unsaturated/α-hetero) is 1. The Bertz CT molecular complexity index is 1050. The first-order chi connectivity index (χ1) is 15.5. The lowest BCUT2D eigenvalue weighted by atomic mass is 9.94. The molecule has 3 rings (SSSR count). The maximum absolute atomic E-state index is 12.6. The van der Waals surface area contributed by atoms with E-state index >= 15 is 0 Å². The van der Waals surface area contributed by atoms with Crippen LogP contribution in [0.2, 0.25) is 0 Å². The van der Waals surface area contributed by atoms with Crippen LogP contribution in [0, 0.1) is 5.41 Å². The van der Waals surface area contributed by atoms with Gasteiger partial charge in [-0.15, -0.1) is 0 Å². The van der Waals surface area contributed by atoms with Crippen LogP contribution in [0.3, 0.4) is 0 Å². The fourth-order valence-corrected chi connectivity index (χ4v) is 3.60. The van der Waals surface area contributed by atoms with Gasteiger partial charge in [0.25, 0.3) is 0 Å². The lowest BCUT2D eigenvalue weighted by molar-refractivity contribution is -0.159. The van der Waals surface area contributed by atoms with Crippen LogP contribution in [-0.2, 0) is 16.0 Å². The molecule has 6 heteroatoms. The molecule has 0 bridgehead atoms. The van der Waals surface area contributed by atoms with Crippen LogP contribution in [0.25, 0.3) is 11.1 Å². The highest BCUT2D eigenvalue weighted by Crippen LogP contribution is 2.47. The molecule has 0 fully saturated rings. The molecule has 0 aromatic heterocycles. The highest BCUT2D eigenvalue weighted by molar-refractivity contribution is 6.02. The molecule has 0 heterocycles. The molecule has 0 N–H and O–H groups in total. The summed E-state index contributed by atoms with van der Waals surface area (Å²) >= 11 is 0. The van der Waals surface area contributed by atoms with Gasteiger partial charge in [0.2, 0.25) is 5.75 Å². The van der Waals surface area contributed by atoms with Gasteiger partial charge in [0.15, 0.2) is 17.3 Å².